The molecule has 0 radical (unpaired) electrons. The van der Waals surface area contributed by atoms with Crippen molar-refractivity contribution < 1.29 is 16.8 Å². The van der Waals surface area contributed by atoms with Gasteiger partial charge in [-0.1, -0.05) is 30.3 Å². The highest BCUT2D eigenvalue weighted by Crippen LogP contribution is 2.40. The van der Waals surface area contributed by atoms with Crippen LogP contribution in [0.15, 0.2) is 71.1 Å². The zero-order valence-electron chi connectivity index (χ0n) is 16.3. The molecule has 3 heterocycles. The Morgan fingerprint density at radius 2 is 1.66 bits per heavy atom. The molecule has 0 saturated carbocycles. The maximum atomic E-state index is 6.47. The normalized spacial score (nSPS) is 15.7. The monoisotopic (exact) mass is 402 g/mol. The summed E-state index contributed by atoms with van der Waals surface area (Å²) in [6, 6.07) is 24.1. The van der Waals surface area contributed by atoms with Gasteiger partial charge in [0.05, 0.1) is 12.5 Å². The first-order valence-electron chi connectivity index (χ1n) is 10.3. The number of anilines is 1. The molecule has 0 unspecified atom stereocenters. The Bertz CT molecular complexity index is 1220. The standard InChI is InChI=1S/C25H23N2O.ClH/c1-2-6-18(7-3-1)25-21-10-8-19(26-12-4-13-26)16-23(21)28-24-17-20(9-11-22(24)25)27-14-5-15-27;/h1-3,6-11,16-17H,4-5,12-15H2;1H/q+1;/p-1. The average molecular weight is 403 g/mol. The van der Waals surface area contributed by atoms with Gasteiger partial charge in [0.25, 0.3) is 0 Å². The van der Waals surface area contributed by atoms with Gasteiger partial charge in [-0.05, 0) is 30.2 Å². The van der Waals surface area contributed by atoms with Gasteiger partial charge in [0, 0.05) is 47.4 Å². The van der Waals surface area contributed by atoms with Crippen LogP contribution >= 0.6 is 0 Å². The predicted molar refractivity (Wildman–Crippen MR) is 115 cm³/mol. The van der Waals surface area contributed by atoms with Gasteiger partial charge in [-0.3, -0.25) is 0 Å². The molecule has 0 amide bonds. The van der Waals surface area contributed by atoms with E-state index in [-0.39, 0.29) is 12.4 Å². The van der Waals surface area contributed by atoms with Crippen molar-refractivity contribution in [1.82, 2.24) is 4.58 Å². The second-order valence-electron chi connectivity index (χ2n) is 7.89. The predicted octanol–water partition coefficient (Wildman–Crippen LogP) is 1.59. The van der Waals surface area contributed by atoms with E-state index < -0.39 is 0 Å². The summed E-state index contributed by atoms with van der Waals surface area (Å²) in [5.41, 5.74) is 5.92. The zero-order chi connectivity index (χ0) is 18.5. The maximum Gasteiger partial charge on any atom is 0.203 e. The van der Waals surface area contributed by atoms with Gasteiger partial charge in [-0.15, -0.1) is 0 Å². The summed E-state index contributed by atoms with van der Waals surface area (Å²) in [5, 5.41) is 2.44. The van der Waals surface area contributed by atoms with Gasteiger partial charge < -0.3 is 21.7 Å². The van der Waals surface area contributed by atoms with Crippen LogP contribution in [0, 0.1) is 0 Å². The minimum Gasteiger partial charge on any atom is -1.00 e. The number of nitrogens with zero attached hydrogens (tertiary/aromatic N) is 2. The lowest BCUT2D eigenvalue weighted by Gasteiger charge is -2.33. The van der Waals surface area contributed by atoms with E-state index in [2.05, 4.69) is 76.2 Å². The number of fused-ring (bicyclic) bond motifs is 2. The van der Waals surface area contributed by atoms with E-state index in [1.165, 1.54) is 46.0 Å². The van der Waals surface area contributed by atoms with E-state index in [1.807, 2.05) is 0 Å². The molecular formula is C25H23ClN2O. The van der Waals surface area contributed by atoms with Crippen molar-refractivity contribution in [3.63, 3.8) is 0 Å². The summed E-state index contributed by atoms with van der Waals surface area (Å²) in [5.74, 6) is 0.969. The highest BCUT2D eigenvalue weighted by atomic mass is 35.5. The highest BCUT2D eigenvalue weighted by molar-refractivity contribution is 6.02. The maximum absolute atomic E-state index is 6.47. The lowest BCUT2D eigenvalue weighted by Crippen LogP contribution is -3.00. The molecule has 0 atom stereocenters. The molecule has 4 heteroatoms. The molecule has 3 nitrogen and oxygen atoms in total. The molecular weight excluding hydrogens is 380 g/mol. The molecule has 0 N–H and O–H groups in total. The smallest absolute Gasteiger partial charge is 0.203 e. The Hall–Kier alpha value is -2.78. The molecule has 2 aromatic rings. The molecule has 1 aliphatic carbocycles. The second-order valence-corrected chi connectivity index (χ2v) is 7.89. The largest absolute Gasteiger partial charge is 1.00 e. The molecule has 0 bridgehead atoms. The third-order valence-electron chi connectivity index (χ3n) is 6.19. The van der Waals surface area contributed by atoms with Crippen LogP contribution in [-0.4, -0.2) is 26.2 Å². The van der Waals surface area contributed by atoms with Crippen LogP contribution in [0.25, 0.3) is 33.4 Å². The molecule has 0 spiro atoms. The van der Waals surface area contributed by atoms with Crippen molar-refractivity contribution in [2.75, 3.05) is 31.1 Å². The Labute approximate surface area is 176 Å². The fourth-order valence-corrected chi connectivity index (χ4v) is 4.33. The van der Waals surface area contributed by atoms with Crippen molar-refractivity contribution in [3.05, 3.63) is 72.1 Å². The van der Waals surface area contributed by atoms with Crippen LogP contribution in [0.5, 0.6) is 0 Å². The van der Waals surface area contributed by atoms with E-state index in [4.69, 9.17) is 4.42 Å². The van der Waals surface area contributed by atoms with Crippen LogP contribution in [-0.2, 0) is 0 Å². The molecule has 146 valence electrons. The van der Waals surface area contributed by atoms with Gasteiger partial charge in [0.1, 0.15) is 24.4 Å². The van der Waals surface area contributed by atoms with E-state index in [0.29, 0.717) is 0 Å². The van der Waals surface area contributed by atoms with Gasteiger partial charge >= 0.3 is 0 Å². The van der Waals surface area contributed by atoms with Crippen molar-refractivity contribution in [2.24, 2.45) is 0 Å². The van der Waals surface area contributed by atoms with Crippen molar-refractivity contribution in [3.8, 4) is 22.5 Å². The summed E-state index contributed by atoms with van der Waals surface area (Å²) < 4.78 is 8.89. The number of rotatable bonds is 2. The van der Waals surface area contributed by atoms with Crippen molar-refractivity contribution in [2.45, 2.75) is 12.8 Å². The fraction of sp³-hybridized carbons (Fsp3) is 0.240. The van der Waals surface area contributed by atoms with Crippen LogP contribution in [0.1, 0.15) is 12.8 Å². The first-order valence-corrected chi connectivity index (χ1v) is 10.3. The molecule has 2 fully saturated rings. The van der Waals surface area contributed by atoms with Crippen LogP contribution in [0.4, 0.5) is 5.69 Å². The van der Waals surface area contributed by atoms with Crippen LogP contribution < -0.4 is 27.2 Å². The Morgan fingerprint density at radius 3 is 2.34 bits per heavy atom. The van der Waals surface area contributed by atoms with Gasteiger partial charge in [0.2, 0.25) is 5.36 Å². The third-order valence-corrected chi connectivity index (χ3v) is 6.19. The molecule has 3 aliphatic heterocycles. The highest BCUT2D eigenvalue weighted by Gasteiger charge is 2.22. The SMILES string of the molecule is [Cl-].c1ccc(-c2c3ccc(=[N+]4CCC4)cc-3oc3cc(N4CCC4)ccc23)cc1. The third kappa shape index (κ3) is 3.01. The topological polar surface area (TPSA) is 19.4 Å². The summed E-state index contributed by atoms with van der Waals surface area (Å²) >= 11 is 0. The molecule has 2 aromatic carbocycles. The molecule has 0 aromatic heterocycles. The molecule has 29 heavy (non-hydrogen) atoms. The minimum absolute atomic E-state index is 0. The second kappa shape index (κ2) is 7.23. The van der Waals surface area contributed by atoms with Crippen molar-refractivity contribution >= 4 is 16.7 Å². The van der Waals surface area contributed by atoms with Gasteiger partial charge in [0.15, 0.2) is 0 Å². The van der Waals surface area contributed by atoms with E-state index in [0.717, 1.165) is 37.5 Å². The molecule has 6 rings (SSSR count). The Kier molecular flexibility index (Phi) is 4.56. The number of hydrogen-bond donors (Lipinski definition) is 0. The quantitative estimate of drug-likeness (QED) is 0.375. The number of benzene rings is 3. The van der Waals surface area contributed by atoms with Gasteiger partial charge in [-0.25, -0.2) is 4.58 Å². The van der Waals surface area contributed by atoms with E-state index >= 15 is 0 Å². The van der Waals surface area contributed by atoms with Crippen LogP contribution in [0.2, 0.25) is 0 Å². The first-order chi connectivity index (χ1) is 13.9. The fourth-order valence-electron chi connectivity index (χ4n) is 4.33. The Balaban J connectivity index is 0.00000181. The van der Waals surface area contributed by atoms with Gasteiger partial charge in [-0.2, -0.15) is 0 Å². The minimum atomic E-state index is 0. The van der Waals surface area contributed by atoms with Crippen LogP contribution in [0.3, 0.4) is 0 Å². The lowest BCUT2D eigenvalue weighted by atomic mass is 9.93. The number of halogens is 1. The molecule has 2 saturated heterocycles. The average Bonchev–Trinajstić information content (AvgIpc) is 2.64. The zero-order valence-corrected chi connectivity index (χ0v) is 17.0. The summed E-state index contributed by atoms with van der Waals surface area (Å²) in [6.45, 7) is 4.57. The number of hydrogen-bond acceptors (Lipinski definition) is 2. The van der Waals surface area contributed by atoms with E-state index in [1.54, 1.807) is 0 Å². The molecule has 4 aliphatic rings. The van der Waals surface area contributed by atoms with Crippen molar-refractivity contribution in [1.29, 1.82) is 0 Å². The van der Waals surface area contributed by atoms with E-state index in [9.17, 15) is 0 Å². The lowest BCUT2D eigenvalue weighted by molar-refractivity contribution is -0.00000589. The summed E-state index contributed by atoms with van der Waals surface area (Å²) in [7, 11) is 0. The summed E-state index contributed by atoms with van der Waals surface area (Å²) in [6.07, 6.45) is 2.56. The summed E-state index contributed by atoms with van der Waals surface area (Å²) in [4.78, 5) is 2.41. The Morgan fingerprint density at radius 1 is 0.828 bits per heavy atom. The first kappa shape index (κ1) is 18.3.